The lowest BCUT2D eigenvalue weighted by Crippen LogP contribution is -2.12. The molecule has 0 saturated carbocycles. The van der Waals surface area contributed by atoms with Crippen LogP contribution in [0.4, 0.5) is 11.4 Å². The van der Waals surface area contributed by atoms with Gasteiger partial charge in [-0.1, -0.05) is 60.7 Å². The molecule has 0 aliphatic heterocycles. The number of fused-ring (bicyclic) bond motifs is 2. The van der Waals surface area contributed by atoms with Crippen molar-refractivity contribution in [3.63, 3.8) is 0 Å². The predicted octanol–water partition coefficient (Wildman–Crippen LogP) is 6.95. The van der Waals surface area contributed by atoms with Gasteiger partial charge in [0.25, 0.3) is 11.8 Å². The Morgan fingerprint density at radius 1 is 0.474 bits per heavy atom. The zero-order valence-corrected chi connectivity index (χ0v) is 20.3. The second kappa shape index (κ2) is 9.95. The minimum absolute atomic E-state index is 0.199. The van der Waals surface area contributed by atoms with Crippen molar-refractivity contribution < 1.29 is 9.59 Å². The molecule has 0 saturated heterocycles. The quantitative estimate of drug-likeness (QED) is 0.271. The van der Waals surface area contributed by atoms with E-state index in [-0.39, 0.29) is 11.8 Å². The molecule has 2 N–H and O–H groups in total. The first-order valence-electron chi connectivity index (χ1n) is 12.2. The Bertz CT molecular complexity index is 1660. The molecule has 2 heterocycles. The van der Waals surface area contributed by atoms with E-state index in [2.05, 4.69) is 20.6 Å². The van der Waals surface area contributed by atoms with Crippen LogP contribution in [-0.2, 0) is 0 Å². The monoisotopic (exact) mass is 494 g/mol. The van der Waals surface area contributed by atoms with Gasteiger partial charge < -0.3 is 10.6 Å². The highest BCUT2D eigenvalue weighted by atomic mass is 16.2. The zero-order valence-electron chi connectivity index (χ0n) is 20.3. The Morgan fingerprint density at radius 3 is 1.29 bits per heavy atom. The van der Waals surface area contributed by atoms with Crippen molar-refractivity contribution in [2.45, 2.75) is 0 Å². The lowest BCUT2D eigenvalue weighted by atomic mass is 10.1. The van der Waals surface area contributed by atoms with E-state index in [0.29, 0.717) is 33.9 Å². The van der Waals surface area contributed by atoms with Crippen molar-refractivity contribution in [1.29, 1.82) is 0 Å². The second-order valence-electron chi connectivity index (χ2n) is 8.90. The van der Waals surface area contributed by atoms with E-state index in [0.717, 1.165) is 21.5 Å². The van der Waals surface area contributed by atoms with Gasteiger partial charge in [-0.2, -0.15) is 0 Å². The molecule has 0 radical (unpaired) electrons. The highest BCUT2D eigenvalue weighted by Crippen LogP contribution is 2.21. The minimum Gasteiger partial charge on any atom is -0.321 e. The van der Waals surface area contributed by atoms with E-state index in [1.807, 2.05) is 84.9 Å². The van der Waals surface area contributed by atoms with Crippen LogP contribution in [0.25, 0.3) is 32.9 Å². The largest absolute Gasteiger partial charge is 0.321 e. The highest BCUT2D eigenvalue weighted by molar-refractivity contribution is 6.07. The summed E-state index contributed by atoms with van der Waals surface area (Å²) in [6, 6.07) is 34.2. The van der Waals surface area contributed by atoms with Crippen molar-refractivity contribution >= 4 is 44.7 Å². The molecule has 6 heteroatoms. The molecule has 0 bridgehead atoms. The smallest absolute Gasteiger partial charge is 0.255 e. The van der Waals surface area contributed by atoms with Crippen LogP contribution in [0, 0.1) is 0 Å². The van der Waals surface area contributed by atoms with Crippen molar-refractivity contribution in [1.82, 2.24) is 9.97 Å². The van der Waals surface area contributed by atoms with E-state index in [4.69, 9.17) is 0 Å². The molecule has 0 aliphatic carbocycles. The molecule has 6 rings (SSSR count). The number of pyridine rings is 2. The van der Waals surface area contributed by atoms with Gasteiger partial charge in [0.2, 0.25) is 0 Å². The molecule has 0 atom stereocenters. The van der Waals surface area contributed by atoms with Crippen LogP contribution in [-0.4, -0.2) is 21.8 Å². The van der Waals surface area contributed by atoms with E-state index >= 15 is 0 Å². The maximum Gasteiger partial charge on any atom is 0.255 e. The van der Waals surface area contributed by atoms with Crippen molar-refractivity contribution in [3.8, 4) is 11.4 Å². The molecule has 182 valence electrons. The molecular formula is C32H22N4O2. The van der Waals surface area contributed by atoms with Crippen molar-refractivity contribution in [2.75, 3.05) is 10.6 Å². The van der Waals surface area contributed by atoms with Crippen LogP contribution in [0.2, 0.25) is 0 Å². The number of hydrogen-bond acceptors (Lipinski definition) is 4. The highest BCUT2D eigenvalue weighted by Gasteiger charge is 2.10. The number of nitrogens with zero attached hydrogens (tertiary/aromatic N) is 2. The minimum atomic E-state index is -0.199. The normalized spacial score (nSPS) is 10.8. The molecule has 2 amide bonds. The predicted molar refractivity (Wildman–Crippen MR) is 151 cm³/mol. The Labute approximate surface area is 219 Å². The summed E-state index contributed by atoms with van der Waals surface area (Å²) in [5.74, 6) is -0.398. The van der Waals surface area contributed by atoms with Crippen LogP contribution < -0.4 is 10.6 Å². The maximum atomic E-state index is 12.7. The first-order valence-corrected chi connectivity index (χ1v) is 12.2. The third-order valence-corrected chi connectivity index (χ3v) is 6.33. The van der Waals surface area contributed by atoms with Crippen LogP contribution >= 0.6 is 0 Å². The summed E-state index contributed by atoms with van der Waals surface area (Å²) >= 11 is 0. The lowest BCUT2D eigenvalue weighted by molar-refractivity contribution is 0.101. The summed E-state index contributed by atoms with van der Waals surface area (Å²) in [6.45, 7) is 0. The summed E-state index contributed by atoms with van der Waals surface area (Å²) in [5.41, 5.74) is 3.64. The van der Waals surface area contributed by atoms with E-state index in [1.165, 1.54) is 0 Å². The van der Waals surface area contributed by atoms with E-state index in [1.54, 1.807) is 36.7 Å². The van der Waals surface area contributed by atoms with Crippen LogP contribution in [0.5, 0.6) is 0 Å². The van der Waals surface area contributed by atoms with Gasteiger partial charge in [-0.3, -0.25) is 19.6 Å². The fourth-order valence-corrected chi connectivity index (χ4v) is 4.31. The number of anilines is 2. The van der Waals surface area contributed by atoms with Crippen molar-refractivity contribution in [2.24, 2.45) is 0 Å². The van der Waals surface area contributed by atoms with Crippen molar-refractivity contribution in [3.05, 3.63) is 133 Å². The zero-order chi connectivity index (χ0) is 25.9. The third kappa shape index (κ3) is 4.83. The topological polar surface area (TPSA) is 84.0 Å². The number of benzene rings is 4. The SMILES string of the molecule is O=C(Nc1ccc(-c2ccc(NC(=O)c3ccc4ccccc4c3)cn2)nc1)c1ccc2ccccc2c1. The second-order valence-corrected chi connectivity index (χ2v) is 8.90. The molecule has 0 unspecified atom stereocenters. The summed E-state index contributed by atoms with van der Waals surface area (Å²) in [5, 5.41) is 9.97. The van der Waals surface area contributed by atoms with Gasteiger partial charge in [0.15, 0.2) is 0 Å². The van der Waals surface area contributed by atoms with Gasteiger partial charge in [0.05, 0.1) is 35.2 Å². The van der Waals surface area contributed by atoms with Gasteiger partial charge in [-0.05, 0) is 70.1 Å². The molecule has 38 heavy (non-hydrogen) atoms. The summed E-state index contributed by atoms with van der Waals surface area (Å²) in [6.07, 6.45) is 3.21. The van der Waals surface area contributed by atoms with E-state index < -0.39 is 0 Å². The molecule has 0 aliphatic rings. The number of carbonyl (C=O) groups excluding carboxylic acids is 2. The lowest BCUT2D eigenvalue weighted by Gasteiger charge is -2.08. The number of amides is 2. The Morgan fingerprint density at radius 2 is 0.895 bits per heavy atom. The molecule has 6 nitrogen and oxygen atoms in total. The first-order chi connectivity index (χ1) is 18.6. The molecule has 4 aromatic carbocycles. The van der Waals surface area contributed by atoms with E-state index in [9.17, 15) is 9.59 Å². The number of aromatic nitrogens is 2. The van der Waals surface area contributed by atoms with Gasteiger partial charge >= 0.3 is 0 Å². The number of nitrogens with one attached hydrogen (secondary N) is 2. The first kappa shape index (κ1) is 23.1. The number of hydrogen-bond donors (Lipinski definition) is 2. The fraction of sp³-hybridized carbons (Fsp3) is 0. The third-order valence-electron chi connectivity index (χ3n) is 6.33. The fourth-order valence-electron chi connectivity index (χ4n) is 4.31. The maximum absolute atomic E-state index is 12.7. The molecule has 6 aromatic rings. The summed E-state index contributed by atoms with van der Waals surface area (Å²) in [4.78, 5) is 34.3. The van der Waals surface area contributed by atoms with Gasteiger partial charge in [-0.15, -0.1) is 0 Å². The average Bonchev–Trinajstić information content (AvgIpc) is 2.97. The number of carbonyl (C=O) groups is 2. The number of rotatable bonds is 5. The van der Waals surface area contributed by atoms with Gasteiger partial charge in [-0.25, -0.2) is 0 Å². The van der Waals surface area contributed by atoms with Gasteiger partial charge in [0.1, 0.15) is 0 Å². The average molecular weight is 495 g/mol. The molecule has 0 fully saturated rings. The molecule has 0 spiro atoms. The molecule has 2 aromatic heterocycles. The Balaban J connectivity index is 1.11. The summed E-state index contributed by atoms with van der Waals surface area (Å²) < 4.78 is 0. The Hall–Kier alpha value is -5.36. The van der Waals surface area contributed by atoms with Crippen LogP contribution in [0.15, 0.2) is 122 Å². The van der Waals surface area contributed by atoms with Crippen LogP contribution in [0.3, 0.4) is 0 Å². The Kier molecular flexibility index (Phi) is 6.04. The van der Waals surface area contributed by atoms with Gasteiger partial charge in [0, 0.05) is 11.1 Å². The molecular weight excluding hydrogens is 472 g/mol. The van der Waals surface area contributed by atoms with Crippen LogP contribution in [0.1, 0.15) is 20.7 Å². The standard InChI is InChI=1S/C32H22N4O2/c37-31(25-11-9-21-5-1-3-7-23(21)17-25)35-27-13-15-29(33-19-27)30-16-14-28(20-34-30)36-32(38)26-12-10-22-6-2-4-8-24(22)18-26/h1-20H,(H,35,37)(H,36,38). The summed E-state index contributed by atoms with van der Waals surface area (Å²) in [7, 11) is 0.